The molecule has 27 heavy (non-hydrogen) atoms. The van der Waals surface area contributed by atoms with E-state index in [4.69, 9.17) is 23.2 Å². The first-order valence-corrected chi connectivity index (χ1v) is 11.3. The third kappa shape index (κ3) is 3.75. The zero-order valence-corrected chi connectivity index (χ0v) is 17.7. The fraction of sp³-hybridized carbons (Fsp3) is 0.136. The topological polar surface area (TPSA) is 15.6 Å². The Hall–Kier alpha value is -1.86. The number of halogens is 2. The highest BCUT2D eigenvalue weighted by Gasteiger charge is 2.52. The van der Waals surface area contributed by atoms with Gasteiger partial charge in [0, 0.05) is 14.1 Å². The Balaban J connectivity index is 2.40. The Kier molecular flexibility index (Phi) is 6.55. The van der Waals surface area contributed by atoms with Crippen molar-refractivity contribution in [2.24, 2.45) is 4.99 Å². The quantitative estimate of drug-likeness (QED) is 0.256. The SMILES string of the molecule is CN=C(C(Cl)Cl)N(C)[P+](c1ccccc1)(c1ccccc1)c1ccccc1. The highest BCUT2D eigenvalue weighted by atomic mass is 35.5. The summed E-state index contributed by atoms with van der Waals surface area (Å²) in [6, 6.07) is 31.6. The van der Waals surface area contributed by atoms with Gasteiger partial charge in [-0.15, -0.1) is 0 Å². The molecule has 0 saturated heterocycles. The number of amidine groups is 1. The van der Waals surface area contributed by atoms with Crippen molar-refractivity contribution in [1.29, 1.82) is 0 Å². The number of benzene rings is 3. The monoisotopic (exact) mass is 415 g/mol. The van der Waals surface area contributed by atoms with E-state index in [2.05, 4.69) is 82.5 Å². The van der Waals surface area contributed by atoms with Gasteiger partial charge in [0.25, 0.3) is 0 Å². The molecule has 0 N–H and O–H groups in total. The molecule has 5 heteroatoms. The summed E-state index contributed by atoms with van der Waals surface area (Å²) in [5.41, 5.74) is 0. The van der Waals surface area contributed by atoms with E-state index in [1.807, 2.05) is 25.2 Å². The van der Waals surface area contributed by atoms with Crippen molar-refractivity contribution < 1.29 is 0 Å². The summed E-state index contributed by atoms with van der Waals surface area (Å²) < 4.78 is 2.19. The van der Waals surface area contributed by atoms with Gasteiger partial charge in [0.05, 0.1) is 0 Å². The van der Waals surface area contributed by atoms with Crippen LogP contribution in [0.3, 0.4) is 0 Å². The fourth-order valence-corrected chi connectivity index (χ4v) is 8.32. The molecule has 0 bridgehead atoms. The van der Waals surface area contributed by atoms with E-state index in [-0.39, 0.29) is 0 Å². The molecule has 0 atom stereocenters. The highest BCUT2D eigenvalue weighted by molar-refractivity contribution is 7.94. The van der Waals surface area contributed by atoms with Crippen LogP contribution in [0.5, 0.6) is 0 Å². The summed E-state index contributed by atoms with van der Waals surface area (Å²) >= 11 is 12.6. The van der Waals surface area contributed by atoms with Crippen LogP contribution in [0.4, 0.5) is 0 Å². The maximum absolute atomic E-state index is 6.32. The van der Waals surface area contributed by atoms with E-state index in [1.54, 1.807) is 7.05 Å². The minimum atomic E-state index is -2.24. The van der Waals surface area contributed by atoms with E-state index < -0.39 is 12.2 Å². The molecule has 0 aliphatic rings. The van der Waals surface area contributed by atoms with Crippen molar-refractivity contribution in [3.8, 4) is 0 Å². The van der Waals surface area contributed by atoms with Crippen LogP contribution in [-0.4, -0.2) is 29.4 Å². The Labute approximate surface area is 171 Å². The number of aliphatic imine (C=N–C) groups is 1. The first kappa shape index (κ1) is 19.9. The maximum Gasteiger partial charge on any atom is 0.203 e. The summed E-state index contributed by atoms with van der Waals surface area (Å²) in [6.07, 6.45) is 0. The molecule has 0 amide bonds. The van der Waals surface area contributed by atoms with Gasteiger partial charge in [-0.1, -0.05) is 77.8 Å². The molecule has 2 nitrogen and oxygen atoms in total. The molecular formula is C22H22Cl2N2P+. The summed E-state index contributed by atoms with van der Waals surface area (Å²) in [7, 11) is 1.54. The van der Waals surface area contributed by atoms with Crippen molar-refractivity contribution >= 4 is 52.4 Å². The lowest BCUT2D eigenvalue weighted by molar-refractivity contribution is 0.804. The zero-order chi connectivity index (χ0) is 19.3. The molecule has 0 fully saturated rings. The van der Waals surface area contributed by atoms with Crippen LogP contribution < -0.4 is 15.9 Å². The molecule has 138 valence electrons. The van der Waals surface area contributed by atoms with Crippen LogP contribution in [0.25, 0.3) is 0 Å². The number of alkyl halides is 2. The zero-order valence-electron chi connectivity index (χ0n) is 15.3. The third-order valence-electron chi connectivity index (χ3n) is 4.60. The molecule has 0 aliphatic heterocycles. The summed E-state index contributed by atoms with van der Waals surface area (Å²) in [6.45, 7) is 0. The molecular weight excluding hydrogens is 394 g/mol. The van der Waals surface area contributed by atoms with Gasteiger partial charge in [0.1, 0.15) is 15.9 Å². The summed E-state index contributed by atoms with van der Waals surface area (Å²) in [5.74, 6) is 0.656. The summed E-state index contributed by atoms with van der Waals surface area (Å²) in [5, 5.41) is 3.67. The number of hydrogen-bond donors (Lipinski definition) is 0. The van der Waals surface area contributed by atoms with Crippen LogP contribution in [0.2, 0.25) is 0 Å². The van der Waals surface area contributed by atoms with Crippen molar-refractivity contribution in [2.75, 3.05) is 14.1 Å². The van der Waals surface area contributed by atoms with Gasteiger partial charge in [-0.2, -0.15) is 0 Å². The lowest BCUT2D eigenvalue weighted by Gasteiger charge is -2.36. The lowest BCUT2D eigenvalue weighted by Crippen LogP contribution is -2.45. The Morgan fingerprint density at radius 3 is 1.33 bits per heavy atom. The van der Waals surface area contributed by atoms with E-state index in [0.717, 1.165) is 0 Å². The fourth-order valence-electron chi connectivity index (χ4n) is 3.44. The molecule has 0 aromatic heterocycles. The molecule has 0 spiro atoms. The number of nitrogens with zero attached hydrogens (tertiary/aromatic N) is 2. The predicted octanol–water partition coefficient (Wildman–Crippen LogP) is 4.66. The van der Waals surface area contributed by atoms with Crippen molar-refractivity contribution in [3.63, 3.8) is 0 Å². The molecule has 3 aromatic carbocycles. The van der Waals surface area contributed by atoms with Gasteiger partial charge in [0.15, 0.2) is 10.7 Å². The molecule has 0 radical (unpaired) electrons. The number of hydrogen-bond acceptors (Lipinski definition) is 1. The molecule has 0 heterocycles. The van der Waals surface area contributed by atoms with Gasteiger partial charge in [-0.25, -0.2) is 4.67 Å². The van der Waals surface area contributed by atoms with Gasteiger partial charge in [-0.05, 0) is 36.4 Å². The maximum atomic E-state index is 6.32. The van der Waals surface area contributed by atoms with Crippen molar-refractivity contribution in [3.05, 3.63) is 91.0 Å². The minimum Gasteiger partial charge on any atom is -0.271 e. The van der Waals surface area contributed by atoms with Crippen LogP contribution in [0.1, 0.15) is 0 Å². The second-order valence-electron chi connectivity index (χ2n) is 6.05. The van der Waals surface area contributed by atoms with Crippen LogP contribution in [0.15, 0.2) is 96.0 Å². The highest BCUT2D eigenvalue weighted by Crippen LogP contribution is 2.58. The molecule has 0 aliphatic carbocycles. The van der Waals surface area contributed by atoms with Crippen molar-refractivity contribution in [1.82, 2.24) is 4.67 Å². The molecule has 0 unspecified atom stereocenters. The smallest absolute Gasteiger partial charge is 0.203 e. The Bertz CT molecular complexity index is 787. The first-order valence-electron chi connectivity index (χ1n) is 8.67. The van der Waals surface area contributed by atoms with Crippen LogP contribution >= 0.6 is 30.6 Å². The van der Waals surface area contributed by atoms with E-state index in [0.29, 0.717) is 5.84 Å². The van der Waals surface area contributed by atoms with Gasteiger partial charge in [-0.3, -0.25) is 4.99 Å². The third-order valence-corrected chi connectivity index (χ3v) is 9.23. The van der Waals surface area contributed by atoms with E-state index in [9.17, 15) is 0 Å². The van der Waals surface area contributed by atoms with Crippen LogP contribution in [0, 0.1) is 0 Å². The van der Waals surface area contributed by atoms with Gasteiger partial charge in [0.2, 0.25) is 7.41 Å². The van der Waals surface area contributed by atoms with Gasteiger partial charge >= 0.3 is 0 Å². The second-order valence-corrected chi connectivity index (χ2v) is 10.6. The van der Waals surface area contributed by atoms with E-state index >= 15 is 0 Å². The van der Waals surface area contributed by atoms with Gasteiger partial charge < -0.3 is 0 Å². The summed E-state index contributed by atoms with van der Waals surface area (Å²) in [4.78, 5) is 3.72. The number of rotatable bonds is 5. The second kappa shape index (κ2) is 8.89. The average molecular weight is 416 g/mol. The standard InChI is InChI=1S/C22H22Cl2N2P/c1-25-22(21(23)24)26(2)27(18-12-6-3-7-13-18,19-14-8-4-9-15-19)20-16-10-5-11-17-20/h3-17,21H,1-2H3/q+1. The normalized spacial score (nSPS) is 12.3. The van der Waals surface area contributed by atoms with Crippen molar-refractivity contribution in [2.45, 2.75) is 4.84 Å². The molecule has 3 aromatic rings. The minimum absolute atomic E-state index is 0.656. The lowest BCUT2D eigenvalue weighted by atomic mass is 10.4. The molecule has 3 rings (SSSR count). The molecule has 0 saturated carbocycles. The first-order chi connectivity index (χ1) is 13.1. The van der Waals surface area contributed by atoms with E-state index in [1.165, 1.54) is 15.9 Å². The largest absolute Gasteiger partial charge is 0.271 e. The van der Waals surface area contributed by atoms with Crippen LogP contribution in [-0.2, 0) is 0 Å². The average Bonchev–Trinajstić information content (AvgIpc) is 2.71. The Morgan fingerprint density at radius 2 is 1.07 bits per heavy atom. The Morgan fingerprint density at radius 1 is 0.741 bits per heavy atom. The predicted molar refractivity (Wildman–Crippen MR) is 122 cm³/mol.